The molecule has 86 valence electrons. The van der Waals surface area contributed by atoms with Gasteiger partial charge in [-0.2, -0.15) is 0 Å². The fourth-order valence-corrected chi connectivity index (χ4v) is 1.76. The molecule has 0 saturated heterocycles. The third kappa shape index (κ3) is 1.93. The largest absolute Gasteiger partial charge is 0.486 e. The van der Waals surface area contributed by atoms with Crippen LogP contribution in [-0.4, -0.2) is 25.1 Å². The number of halogens is 1. The number of ketones is 1. The molecule has 4 heteroatoms. The first-order valence-corrected chi connectivity index (χ1v) is 5.10. The Bertz CT molecular complexity index is 417. The summed E-state index contributed by atoms with van der Waals surface area (Å²) in [5.41, 5.74) is 0.717. The maximum atomic E-state index is 12.9. The van der Waals surface area contributed by atoms with Crippen LogP contribution in [0.5, 0.6) is 5.75 Å². The first-order valence-electron chi connectivity index (χ1n) is 5.10. The van der Waals surface area contributed by atoms with Crippen LogP contribution in [0.1, 0.15) is 12.0 Å². The van der Waals surface area contributed by atoms with Crippen molar-refractivity contribution in [1.82, 2.24) is 0 Å². The summed E-state index contributed by atoms with van der Waals surface area (Å²) in [6.07, 6.45) is -0.374. The molecular formula is C12H13FO3. The predicted molar refractivity (Wildman–Crippen MR) is 56.0 cm³/mol. The lowest BCUT2D eigenvalue weighted by Crippen LogP contribution is -2.51. The summed E-state index contributed by atoms with van der Waals surface area (Å²) in [4.78, 5) is 11.1. The van der Waals surface area contributed by atoms with E-state index >= 15 is 0 Å². The minimum Gasteiger partial charge on any atom is -0.486 e. The van der Waals surface area contributed by atoms with Gasteiger partial charge in [-0.25, -0.2) is 4.39 Å². The zero-order chi connectivity index (χ0) is 11.7. The highest BCUT2D eigenvalue weighted by molar-refractivity contribution is 5.90. The highest BCUT2D eigenvalue weighted by Gasteiger charge is 2.42. The Balaban J connectivity index is 2.07. The van der Waals surface area contributed by atoms with Gasteiger partial charge in [0.25, 0.3) is 0 Å². The Kier molecular flexibility index (Phi) is 2.92. The molecule has 0 radical (unpaired) electrons. The number of rotatable bonds is 3. The summed E-state index contributed by atoms with van der Waals surface area (Å²) in [5, 5.41) is 0. The molecule has 0 spiro atoms. The molecule has 2 rings (SSSR count). The fourth-order valence-electron chi connectivity index (χ4n) is 1.76. The predicted octanol–water partition coefficient (Wildman–Crippen LogP) is 1.87. The lowest BCUT2D eigenvalue weighted by atomic mass is 9.90. The molecule has 1 aromatic rings. The van der Waals surface area contributed by atoms with Gasteiger partial charge in [-0.05, 0) is 30.7 Å². The Morgan fingerprint density at radius 2 is 2.19 bits per heavy atom. The van der Waals surface area contributed by atoms with Crippen LogP contribution < -0.4 is 4.74 Å². The van der Waals surface area contributed by atoms with Gasteiger partial charge in [-0.15, -0.1) is 0 Å². The smallest absolute Gasteiger partial charge is 0.169 e. The minimum absolute atomic E-state index is 0.0484. The van der Waals surface area contributed by atoms with Crippen molar-refractivity contribution in [2.24, 2.45) is 0 Å². The maximum absolute atomic E-state index is 12.9. The van der Waals surface area contributed by atoms with E-state index in [4.69, 9.17) is 9.47 Å². The van der Waals surface area contributed by atoms with Crippen molar-refractivity contribution in [3.05, 3.63) is 29.6 Å². The van der Waals surface area contributed by atoms with Crippen molar-refractivity contribution < 1.29 is 18.7 Å². The van der Waals surface area contributed by atoms with Gasteiger partial charge in [0.15, 0.2) is 11.9 Å². The van der Waals surface area contributed by atoms with Crippen LogP contribution in [0, 0.1) is 12.7 Å². The molecule has 2 atom stereocenters. The average molecular weight is 224 g/mol. The van der Waals surface area contributed by atoms with Crippen molar-refractivity contribution in [3.63, 3.8) is 0 Å². The van der Waals surface area contributed by atoms with E-state index in [1.54, 1.807) is 13.0 Å². The van der Waals surface area contributed by atoms with Crippen LogP contribution >= 0.6 is 0 Å². The molecular weight excluding hydrogens is 211 g/mol. The van der Waals surface area contributed by atoms with Crippen molar-refractivity contribution in [1.29, 1.82) is 0 Å². The normalized spacial score (nSPS) is 24.1. The van der Waals surface area contributed by atoms with Crippen LogP contribution in [0.15, 0.2) is 18.2 Å². The average Bonchev–Trinajstić information content (AvgIpc) is 2.21. The lowest BCUT2D eigenvalue weighted by molar-refractivity contribution is -0.151. The molecule has 2 unspecified atom stereocenters. The molecule has 16 heavy (non-hydrogen) atoms. The Morgan fingerprint density at radius 3 is 2.75 bits per heavy atom. The number of hydrogen-bond donors (Lipinski definition) is 0. The molecule has 3 nitrogen and oxygen atoms in total. The fraction of sp³-hybridized carbons (Fsp3) is 0.417. The first-order chi connectivity index (χ1) is 7.61. The van der Waals surface area contributed by atoms with Gasteiger partial charge in [0.2, 0.25) is 0 Å². The second-order valence-corrected chi connectivity index (χ2v) is 3.89. The number of Topliss-reactive ketones (excluding diaryl/α,β-unsaturated/α-hetero) is 1. The molecule has 1 aliphatic carbocycles. The summed E-state index contributed by atoms with van der Waals surface area (Å²) in [6.45, 7) is 1.76. The number of aryl methyl sites for hydroxylation is 1. The molecule has 0 amide bonds. The number of hydrogen-bond acceptors (Lipinski definition) is 3. The lowest BCUT2D eigenvalue weighted by Gasteiger charge is -2.34. The highest BCUT2D eigenvalue weighted by atomic mass is 19.1. The second kappa shape index (κ2) is 4.22. The van der Waals surface area contributed by atoms with Crippen LogP contribution in [0.2, 0.25) is 0 Å². The van der Waals surface area contributed by atoms with Crippen LogP contribution in [0.3, 0.4) is 0 Å². The third-order valence-corrected chi connectivity index (χ3v) is 2.73. The SMILES string of the molecule is COC1C(=O)CC1Oc1ccc(F)cc1C. The van der Waals surface area contributed by atoms with Crippen molar-refractivity contribution in [2.45, 2.75) is 25.6 Å². The number of carbonyl (C=O) groups is 1. The molecule has 0 bridgehead atoms. The summed E-state index contributed by atoms with van der Waals surface area (Å²) >= 11 is 0. The summed E-state index contributed by atoms with van der Waals surface area (Å²) in [7, 11) is 1.48. The summed E-state index contributed by atoms with van der Waals surface area (Å²) < 4.78 is 23.4. The number of carbonyl (C=O) groups excluding carboxylic acids is 1. The maximum Gasteiger partial charge on any atom is 0.169 e. The highest BCUT2D eigenvalue weighted by Crippen LogP contribution is 2.27. The molecule has 1 saturated carbocycles. The van der Waals surface area contributed by atoms with Crippen molar-refractivity contribution in [3.8, 4) is 5.75 Å². The molecule has 0 heterocycles. The molecule has 0 N–H and O–H groups in total. The van der Waals surface area contributed by atoms with E-state index in [2.05, 4.69) is 0 Å². The zero-order valence-electron chi connectivity index (χ0n) is 9.20. The van der Waals surface area contributed by atoms with Gasteiger partial charge in [0.05, 0.1) is 0 Å². The first kappa shape index (κ1) is 11.1. The van der Waals surface area contributed by atoms with E-state index in [0.29, 0.717) is 17.7 Å². The van der Waals surface area contributed by atoms with Gasteiger partial charge >= 0.3 is 0 Å². The third-order valence-electron chi connectivity index (χ3n) is 2.73. The van der Waals surface area contributed by atoms with E-state index in [0.717, 1.165) is 0 Å². The monoisotopic (exact) mass is 224 g/mol. The van der Waals surface area contributed by atoms with E-state index in [1.807, 2.05) is 0 Å². The van der Waals surface area contributed by atoms with E-state index in [9.17, 15) is 9.18 Å². The molecule has 1 fully saturated rings. The van der Waals surface area contributed by atoms with E-state index in [1.165, 1.54) is 19.2 Å². The van der Waals surface area contributed by atoms with Crippen LogP contribution in [-0.2, 0) is 9.53 Å². The van der Waals surface area contributed by atoms with Gasteiger partial charge in [0.1, 0.15) is 17.7 Å². The van der Waals surface area contributed by atoms with Crippen LogP contribution in [0.4, 0.5) is 4.39 Å². The van der Waals surface area contributed by atoms with E-state index < -0.39 is 6.10 Å². The topological polar surface area (TPSA) is 35.5 Å². The van der Waals surface area contributed by atoms with E-state index in [-0.39, 0.29) is 17.7 Å². The Morgan fingerprint density at radius 1 is 1.44 bits per heavy atom. The van der Waals surface area contributed by atoms with Gasteiger partial charge in [-0.3, -0.25) is 4.79 Å². The van der Waals surface area contributed by atoms with Gasteiger partial charge in [-0.1, -0.05) is 0 Å². The van der Waals surface area contributed by atoms with Crippen LogP contribution in [0.25, 0.3) is 0 Å². The molecule has 0 aromatic heterocycles. The summed E-state index contributed by atoms with van der Waals surface area (Å²) in [6, 6.07) is 4.31. The molecule has 0 aliphatic heterocycles. The van der Waals surface area contributed by atoms with Crippen molar-refractivity contribution >= 4 is 5.78 Å². The Labute approximate surface area is 93.2 Å². The van der Waals surface area contributed by atoms with Gasteiger partial charge in [0, 0.05) is 13.5 Å². The Hall–Kier alpha value is -1.42. The standard InChI is InChI=1S/C12H13FO3/c1-7-5-8(13)3-4-10(7)16-11-6-9(14)12(11)15-2/h3-5,11-12H,6H2,1-2H3. The number of methoxy groups -OCH3 is 1. The quantitative estimate of drug-likeness (QED) is 0.786. The minimum atomic E-state index is -0.482. The summed E-state index contributed by atoms with van der Waals surface area (Å²) in [5.74, 6) is 0.353. The number of ether oxygens (including phenoxy) is 2. The zero-order valence-corrected chi connectivity index (χ0v) is 9.20. The molecule has 1 aromatic carbocycles. The molecule has 1 aliphatic rings. The number of benzene rings is 1. The van der Waals surface area contributed by atoms with Gasteiger partial charge < -0.3 is 9.47 Å². The van der Waals surface area contributed by atoms with Crippen molar-refractivity contribution in [2.75, 3.05) is 7.11 Å². The second-order valence-electron chi connectivity index (χ2n) is 3.89.